The number of hydrogen-bond acceptors (Lipinski definition) is 2. The lowest BCUT2D eigenvalue weighted by Crippen LogP contribution is -2.01. The van der Waals surface area contributed by atoms with Crippen LogP contribution in [0.2, 0.25) is 0 Å². The molecular formula is C14H20BrFO2. The summed E-state index contributed by atoms with van der Waals surface area (Å²) in [5, 5.41) is 0. The minimum atomic E-state index is -0.728. The fraction of sp³-hybridized carbons (Fsp3) is 0.500. The molecule has 0 spiro atoms. The van der Waals surface area contributed by atoms with Crippen molar-refractivity contribution < 1.29 is 13.9 Å². The van der Waals surface area contributed by atoms with Gasteiger partial charge in [-0.15, -0.1) is 0 Å². The van der Waals surface area contributed by atoms with Gasteiger partial charge in [-0.1, -0.05) is 35.0 Å². The van der Waals surface area contributed by atoms with Gasteiger partial charge in [0.25, 0.3) is 0 Å². The summed E-state index contributed by atoms with van der Waals surface area (Å²) in [5.74, 6) is 0.0440. The molecule has 0 aliphatic heterocycles. The van der Waals surface area contributed by atoms with Crippen LogP contribution in [-0.2, 0) is 9.53 Å². The van der Waals surface area contributed by atoms with Crippen molar-refractivity contribution in [2.75, 3.05) is 7.11 Å². The van der Waals surface area contributed by atoms with Crippen LogP contribution in [0.5, 0.6) is 0 Å². The minimum absolute atomic E-state index is 0.245. The largest absolute Gasteiger partial charge is 0.469 e. The Morgan fingerprint density at radius 3 is 2.39 bits per heavy atom. The van der Waals surface area contributed by atoms with E-state index in [4.69, 9.17) is 0 Å². The highest BCUT2D eigenvalue weighted by Gasteiger charge is 2.09. The summed E-state index contributed by atoms with van der Waals surface area (Å²) >= 11 is 3.40. The van der Waals surface area contributed by atoms with E-state index in [2.05, 4.69) is 27.6 Å². The van der Waals surface area contributed by atoms with Crippen LogP contribution in [0.3, 0.4) is 0 Å². The summed E-state index contributed by atoms with van der Waals surface area (Å²) in [6, 6.07) is 8.05. The van der Waals surface area contributed by atoms with E-state index < -0.39 is 6.17 Å². The minimum Gasteiger partial charge on any atom is -0.469 e. The molecule has 0 radical (unpaired) electrons. The van der Waals surface area contributed by atoms with Crippen LogP contribution in [-0.4, -0.2) is 19.3 Å². The third-order valence-corrected chi connectivity index (χ3v) is 2.88. The Hall–Kier alpha value is -0.900. The lowest BCUT2D eigenvalue weighted by atomic mass is 9.96. The van der Waals surface area contributed by atoms with Crippen molar-refractivity contribution in [3.63, 3.8) is 0 Å². The van der Waals surface area contributed by atoms with Gasteiger partial charge in [0.05, 0.1) is 13.3 Å². The lowest BCUT2D eigenvalue weighted by Gasteiger charge is -2.12. The zero-order valence-electron chi connectivity index (χ0n) is 11.2. The Kier molecular flexibility index (Phi) is 8.63. The summed E-state index contributed by atoms with van der Waals surface area (Å²) in [7, 11) is 1.35. The standard InChI is InChI=1S/C11H14BrF.C3H6O2/c1-8(6-9(2)13)10-4-3-5-11(12)7-10;1-3(4)5-2/h3-5,7-9H,6H2,1-2H3;1-2H3. The van der Waals surface area contributed by atoms with Crippen molar-refractivity contribution in [3.8, 4) is 0 Å². The molecule has 1 aromatic carbocycles. The first kappa shape index (κ1) is 17.1. The van der Waals surface area contributed by atoms with E-state index in [1.807, 2.05) is 24.3 Å². The van der Waals surface area contributed by atoms with Crippen molar-refractivity contribution in [3.05, 3.63) is 34.3 Å². The average molecular weight is 319 g/mol. The van der Waals surface area contributed by atoms with Gasteiger partial charge in [0.15, 0.2) is 0 Å². The molecule has 2 nitrogen and oxygen atoms in total. The predicted molar refractivity (Wildman–Crippen MR) is 75.4 cm³/mol. The number of methoxy groups -OCH3 is 1. The van der Waals surface area contributed by atoms with Crippen molar-refractivity contribution >= 4 is 21.9 Å². The molecule has 18 heavy (non-hydrogen) atoms. The Balaban J connectivity index is 0.000000494. The molecule has 0 aromatic heterocycles. The molecular weight excluding hydrogens is 299 g/mol. The van der Waals surface area contributed by atoms with E-state index >= 15 is 0 Å². The molecule has 1 rings (SSSR count). The van der Waals surface area contributed by atoms with Gasteiger partial charge in [-0.2, -0.15) is 0 Å². The van der Waals surface area contributed by atoms with E-state index in [-0.39, 0.29) is 11.9 Å². The molecule has 0 N–H and O–H groups in total. The number of halogens is 2. The topological polar surface area (TPSA) is 26.3 Å². The SMILES string of the molecule is CC(F)CC(C)c1cccc(Br)c1.COC(C)=O. The zero-order valence-corrected chi connectivity index (χ0v) is 12.8. The molecule has 2 atom stereocenters. The fourth-order valence-electron chi connectivity index (χ4n) is 1.44. The highest BCUT2D eigenvalue weighted by Crippen LogP contribution is 2.24. The molecule has 0 fully saturated rings. The molecule has 2 unspecified atom stereocenters. The van der Waals surface area contributed by atoms with Gasteiger partial charge < -0.3 is 4.74 Å². The smallest absolute Gasteiger partial charge is 0.302 e. The van der Waals surface area contributed by atoms with Crippen LogP contribution in [0.4, 0.5) is 4.39 Å². The summed E-state index contributed by atoms with van der Waals surface area (Å²) in [5.41, 5.74) is 1.19. The quantitative estimate of drug-likeness (QED) is 0.768. The Bertz CT molecular complexity index is 367. The molecule has 0 aliphatic carbocycles. The third-order valence-electron chi connectivity index (χ3n) is 2.38. The molecule has 0 aliphatic rings. The summed E-state index contributed by atoms with van der Waals surface area (Å²) in [6.45, 7) is 5.02. The Morgan fingerprint density at radius 2 is 2.00 bits per heavy atom. The number of esters is 1. The first-order chi connectivity index (χ1) is 8.36. The van der Waals surface area contributed by atoms with Gasteiger partial charge in [0.1, 0.15) is 0 Å². The molecule has 0 heterocycles. The summed E-state index contributed by atoms with van der Waals surface area (Å²) < 4.78 is 17.9. The van der Waals surface area contributed by atoms with E-state index in [0.717, 1.165) is 4.47 Å². The molecule has 0 amide bonds. The first-order valence-electron chi connectivity index (χ1n) is 5.80. The molecule has 0 saturated heterocycles. The number of alkyl halides is 1. The van der Waals surface area contributed by atoms with Crippen molar-refractivity contribution in [1.29, 1.82) is 0 Å². The predicted octanol–water partition coefficient (Wildman–Crippen LogP) is 4.48. The van der Waals surface area contributed by atoms with Gasteiger partial charge in [-0.3, -0.25) is 4.79 Å². The van der Waals surface area contributed by atoms with Crippen LogP contribution in [0.1, 0.15) is 38.7 Å². The molecule has 1 aromatic rings. The van der Waals surface area contributed by atoms with Crippen LogP contribution < -0.4 is 0 Å². The van der Waals surface area contributed by atoms with Gasteiger partial charge in [-0.25, -0.2) is 4.39 Å². The molecule has 0 bridgehead atoms. The molecule has 0 saturated carbocycles. The molecule has 4 heteroatoms. The Morgan fingerprint density at radius 1 is 1.44 bits per heavy atom. The fourth-order valence-corrected chi connectivity index (χ4v) is 1.85. The van der Waals surface area contributed by atoms with E-state index in [0.29, 0.717) is 6.42 Å². The maximum atomic E-state index is 12.7. The molecule has 102 valence electrons. The second kappa shape index (κ2) is 9.09. The van der Waals surface area contributed by atoms with Crippen LogP contribution in [0.15, 0.2) is 28.7 Å². The van der Waals surface area contributed by atoms with E-state index in [1.165, 1.54) is 19.6 Å². The van der Waals surface area contributed by atoms with E-state index in [9.17, 15) is 9.18 Å². The number of carbonyl (C=O) groups is 1. The lowest BCUT2D eigenvalue weighted by molar-refractivity contribution is -0.137. The van der Waals surface area contributed by atoms with Crippen LogP contribution >= 0.6 is 15.9 Å². The van der Waals surface area contributed by atoms with Crippen LogP contribution in [0, 0.1) is 0 Å². The number of ether oxygens (including phenoxy) is 1. The monoisotopic (exact) mass is 318 g/mol. The number of benzene rings is 1. The highest BCUT2D eigenvalue weighted by atomic mass is 79.9. The maximum Gasteiger partial charge on any atom is 0.302 e. The third kappa shape index (κ3) is 8.23. The average Bonchev–Trinajstić information content (AvgIpc) is 2.29. The summed E-state index contributed by atoms with van der Waals surface area (Å²) in [6.07, 6.45) is -0.134. The highest BCUT2D eigenvalue weighted by molar-refractivity contribution is 9.10. The van der Waals surface area contributed by atoms with Gasteiger partial charge in [0.2, 0.25) is 0 Å². The van der Waals surface area contributed by atoms with Crippen LogP contribution in [0.25, 0.3) is 0 Å². The van der Waals surface area contributed by atoms with Crippen molar-refractivity contribution in [1.82, 2.24) is 0 Å². The maximum absolute atomic E-state index is 12.7. The van der Waals surface area contributed by atoms with Gasteiger partial charge in [-0.05, 0) is 37.0 Å². The number of hydrogen-bond donors (Lipinski definition) is 0. The normalized spacial score (nSPS) is 13.0. The zero-order chi connectivity index (χ0) is 14.1. The van der Waals surface area contributed by atoms with Crippen molar-refractivity contribution in [2.45, 2.75) is 39.3 Å². The van der Waals surface area contributed by atoms with Gasteiger partial charge in [0, 0.05) is 11.4 Å². The second-order valence-electron chi connectivity index (χ2n) is 4.17. The van der Waals surface area contributed by atoms with Crippen molar-refractivity contribution in [2.24, 2.45) is 0 Å². The second-order valence-corrected chi connectivity index (χ2v) is 5.08. The number of rotatable bonds is 3. The first-order valence-corrected chi connectivity index (χ1v) is 6.60. The van der Waals surface area contributed by atoms with E-state index in [1.54, 1.807) is 6.92 Å². The van der Waals surface area contributed by atoms with Gasteiger partial charge >= 0.3 is 5.97 Å². The number of carbonyl (C=O) groups excluding carboxylic acids is 1. The Labute approximate surface area is 117 Å². The summed E-state index contributed by atoms with van der Waals surface area (Å²) in [4.78, 5) is 9.59.